The Bertz CT molecular complexity index is 590. The van der Waals surface area contributed by atoms with Gasteiger partial charge in [-0.25, -0.2) is 9.76 Å². The number of nitrogens with one attached hydrogen (secondary N) is 1. The molecule has 1 saturated heterocycles. The van der Waals surface area contributed by atoms with Crippen molar-refractivity contribution < 1.29 is 4.57 Å². The molecule has 22 heavy (non-hydrogen) atoms. The Labute approximate surface area is 132 Å². The van der Waals surface area contributed by atoms with Crippen molar-refractivity contribution >= 4 is 12.7 Å². The van der Waals surface area contributed by atoms with Crippen LogP contribution in [-0.2, 0) is 4.57 Å². The quantitative estimate of drug-likeness (QED) is 0.683. The van der Waals surface area contributed by atoms with E-state index in [1.807, 2.05) is 30.3 Å². The Morgan fingerprint density at radius 1 is 0.955 bits per heavy atom. The largest absolute Gasteiger partial charge is 0.284 e. The van der Waals surface area contributed by atoms with Crippen LogP contribution in [0.5, 0.6) is 0 Å². The third-order valence-corrected chi connectivity index (χ3v) is 9.33. The molecule has 0 unspecified atom stereocenters. The van der Waals surface area contributed by atoms with Gasteiger partial charge >= 0.3 is 0 Å². The zero-order chi connectivity index (χ0) is 14.8. The van der Waals surface area contributed by atoms with Gasteiger partial charge in [0.2, 0.25) is 7.44 Å². The van der Waals surface area contributed by atoms with E-state index in [0.717, 1.165) is 36.1 Å². The first kappa shape index (κ1) is 13.8. The molecule has 5 aliphatic rings. The molecule has 118 valence electrons. The molecule has 0 spiro atoms. The van der Waals surface area contributed by atoms with E-state index in [2.05, 4.69) is 9.76 Å². The summed E-state index contributed by atoms with van der Waals surface area (Å²) < 4.78 is 16.0. The average molecular weight is 316 g/mol. The first-order valence-electron chi connectivity index (χ1n) is 8.86. The van der Waals surface area contributed by atoms with Crippen LogP contribution < -0.4 is 10.4 Å². The normalized spacial score (nSPS) is 42.3. The van der Waals surface area contributed by atoms with E-state index in [1.165, 1.54) is 38.5 Å². The van der Waals surface area contributed by atoms with Crippen molar-refractivity contribution in [3.05, 3.63) is 30.3 Å². The van der Waals surface area contributed by atoms with Crippen molar-refractivity contribution in [1.29, 1.82) is 0 Å². The molecule has 4 saturated carbocycles. The minimum absolute atomic E-state index is 0.155. The van der Waals surface area contributed by atoms with Crippen LogP contribution in [0.15, 0.2) is 30.3 Å². The molecule has 0 radical (unpaired) electrons. The number of hydrogen-bond donors (Lipinski definition) is 1. The third-order valence-electron chi connectivity index (χ3n) is 6.36. The molecule has 4 bridgehead atoms. The fourth-order valence-corrected chi connectivity index (χ4v) is 8.57. The maximum atomic E-state index is 13.9. The Hall–Kier alpha value is -0.630. The zero-order valence-electron chi connectivity index (χ0n) is 13.1. The van der Waals surface area contributed by atoms with Crippen LogP contribution in [0.2, 0.25) is 0 Å². The molecule has 5 fully saturated rings. The minimum atomic E-state index is -2.60. The molecular weight excluding hydrogens is 291 g/mol. The van der Waals surface area contributed by atoms with E-state index in [4.69, 9.17) is 0 Å². The lowest BCUT2D eigenvalue weighted by molar-refractivity contribution is -0.00873. The van der Waals surface area contributed by atoms with E-state index in [1.54, 1.807) is 0 Å². The van der Waals surface area contributed by atoms with E-state index < -0.39 is 7.44 Å². The highest BCUT2D eigenvalue weighted by molar-refractivity contribution is 7.67. The number of hydrogen-bond acceptors (Lipinski definition) is 1. The van der Waals surface area contributed by atoms with E-state index >= 15 is 0 Å². The topological polar surface area (TPSA) is 32.1 Å². The van der Waals surface area contributed by atoms with Crippen LogP contribution in [0.4, 0.5) is 0 Å². The summed E-state index contributed by atoms with van der Waals surface area (Å²) in [7, 11) is -2.60. The van der Waals surface area contributed by atoms with Gasteiger partial charge in [-0.2, -0.15) is 0 Å². The second-order valence-corrected chi connectivity index (χ2v) is 10.6. The molecule has 1 aromatic rings. The molecule has 1 heterocycles. The van der Waals surface area contributed by atoms with Crippen molar-refractivity contribution in [3.8, 4) is 0 Å². The van der Waals surface area contributed by atoms with E-state index in [0.29, 0.717) is 0 Å². The lowest BCUT2D eigenvalue weighted by atomic mass is 9.53. The zero-order valence-corrected chi connectivity index (χ0v) is 14.0. The maximum absolute atomic E-state index is 13.9. The van der Waals surface area contributed by atoms with Gasteiger partial charge in [0.25, 0.3) is 0 Å². The molecule has 4 heteroatoms. The van der Waals surface area contributed by atoms with Crippen LogP contribution in [0.3, 0.4) is 0 Å². The highest BCUT2D eigenvalue weighted by Gasteiger charge is 2.54. The summed E-state index contributed by atoms with van der Waals surface area (Å²) in [4.78, 5) is 0. The molecule has 0 aromatic heterocycles. The second kappa shape index (κ2) is 4.69. The van der Waals surface area contributed by atoms with Crippen molar-refractivity contribution in [2.24, 2.45) is 17.8 Å². The average Bonchev–Trinajstić information content (AvgIpc) is 3.31. The van der Waals surface area contributed by atoms with Crippen LogP contribution >= 0.6 is 7.44 Å². The maximum Gasteiger partial charge on any atom is 0.243 e. The van der Waals surface area contributed by atoms with E-state index in [9.17, 15) is 4.57 Å². The highest BCUT2D eigenvalue weighted by atomic mass is 31.2. The molecule has 1 aromatic carbocycles. The summed E-state index contributed by atoms with van der Waals surface area (Å²) in [6.07, 6.45) is 8.05. The monoisotopic (exact) mass is 316 g/mol. The van der Waals surface area contributed by atoms with E-state index in [-0.39, 0.29) is 5.54 Å². The van der Waals surface area contributed by atoms with Gasteiger partial charge in [-0.1, -0.05) is 18.2 Å². The smallest absolute Gasteiger partial charge is 0.243 e. The Morgan fingerprint density at radius 3 is 2.00 bits per heavy atom. The first-order valence-corrected chi connectivity index (χ1v) is 10.5. The molecule has 4 aliphatic carbocycles. The van der Waals surface area contributed by atoms with Crippen molar-refractivity contribution in [2.75, 3.05) is 13.1 Å². The summed E-state index contributed by atoms with van der Waals surface area (Å²) in [5, 5.41) is 4.80. The van der Waals surface area contributed by atoms with Gasteiger partial charge in [-0.3, -0.25) is 4.57 Å². The van der Waals surface area contributed by atoms with Gasteiger partial charge in [0.15, 0.2) is 0 Å². The number of rotatable bonds is 4. The summed E-state index contributed by atoms with van der Waals surface area (Å²) in [6, 6.07) is 10.2. The second-order valence-electron chi connectivity index (χ2n) is 8.17. The lowest BCUT2D eigenvalue weighted by Crippen LogP contribution is -2.58. The van der Waals surface area contributed by atoms with Gasteiger partial charge in [0, 0.05) is 23.9 Å². The van der Waals surface area contributed by atoms with Gasteiger partial charge in [-0.15, -0.1) is 0 Å². The Kier molecular flexibility index (Phi) is 2.94. The Morgan fingerprint density at radius 2 is 1.50 bits per heavy atom. The summed E-state index contributed by atoms with van der Waals surface area (Å²) in [5.41, 5.74) is 0.155. The SMILES string of the molecule is O=[P@](NC12CC3CC(CC(C3)C1)C2)(c1ccccc1)N1CC1. The summed E-state index contributed by atoms with van der Waals surface area (Å²) in [5.74, 6) is 2.66. The molecule has 3 nitrogen and oxygen atoms in total. The van der Waals surface area contributed by atoms with Gasteiger partial charge in [0.1, 0.15) is 0 Å². The summed E-state index contributed by atoms with van der Waals surface area (Å²) >= 11 is 0. The molecule has 6 rings (SSSR count). The van der Waals surface area contributed by atoms with Crippen LogP contribution in [0.25, 0.3) is 0 Å². The van der Waals surface area contributed by atoms with Crippen molar-refractivity contribution in [1.82, 2.24) is 9.76 Å². The standard InChI is InChI=1S/C18H25N2OP/c21-22(20-6-7-20,17-4-2-1-3-5-17)19-18-11-14-8-15(12-18)10-16(9-14)13-18/h1-5,14-16H,6-13H2,(H,19,21)/t14?,15?,16?,18?,22-/m0/s1. The van der Waals surface area contributed by atoms with Gasteiger partial charge in [-0.05, 0) is 68.4 Å². The number of benzene rings is 1. The molecule has 1 aliphatic heterocycles. The first-order chi connectivity index (χ1) is 10.7. The van der Waals surface area contributed by atoms with Gasteiger partial charge in [0.05, 0.1) is 0 Å². The summed E-state index contributed by atoms with van der Waals surface area (Å²) in [6.45, 7) is 1.96. The predicted octanol–water partition coefficient (Wildman–Crippen LogP) is 3.38. The fraction of sp³-hybridized carbons (Fsp3) is 0.667. The van der Waals surface area contributed by atoms with Gasteiger partial charge < -0.3 is 0 Å². The number of nitrogens with zero attached hydrogens (tertiary/aromatic N) is 1. The molecule has 0 amide bonds. The molecule has 1 atom stereocenters. The minimum Gasteiger partial charge on any atom is -0.284 e. The highest BCUT2D eigenvalue weighted by Crippen LogP contribution is 2.60. The van der Waals surface area contributed by atoms with Crippen LogP contribution in [0.1, 0.15) is 38.5 Å². The predicted molar refractivity (Wildman–Crippen MR) is 89.3 cm³/mol. The van der Waals surface area contributed by atoms with Crippen molar-refractivity contribution in [3.63, 3.8) is 0 Å². The third kappa shape index (κ3) is 2.13. The van der Waals surface area contributed by atoms with Crippen LogP contribution in [0, 0.1) is 17.8 Å². The fourth-order valence-electron chi connectivity index (χ4n) is 5.82. The lowest BCUT2D eigenvalue weighted by Gasteiger charge is -2.57. The van der Waals surface area contributed by atoms with Crippen LogP contribution in [-0.4, -0.2) is 23.3 Å². The molecular formula is C18H25N2OP. The molecule has 1 N–H and O–H groups in total. The Balaban J connectivity index is 1.49. The van der Waals surface area contributed by atoms with Crippen molar-refractivity contribution in [2.45, 2.75) is 44.1 Å².